The first-order chi connectivity index (χ1) is 8.76. The molecule has 0 spiro atoms. The Hall–Kier alpha value is -1.87. The predicted molar refractivity (Wildman–Crippen MR) is 73.4 cm³/mol. The van der Waals surface area contributed by atoms with Gasteiger partial charge in [0.2, 0.25) is 0 Å². The minimum atomic E-state index is -0.226. The summed E-state index contributed by atoms with van der Waals surface area (Å²) in [6.07, 6.45) is 0. The number of anilines is 2. The van der Waals surface area contributed by atoms with Gasteiger partial charge in [-0.3, -0.25) is 0 Å². The van der Waals surface area contributed by atoms with Crippen molar-refractivity contribution in [2.75, 3.05) is 11.4 Å². The van der Waals surface area contributed by atoms with E-state index in [0.29, 0.717) is 6.54 Å². The number of rotatable bonds is 4. The molecule has 0 heterocycles. The standard InChI is InChI=1S/C15H17FN2/c1-2-18(14-8-5-7-13(16)10-14)15-9-4-3-6-12(15)11-17/h3-10H,2,11,17H2,1H3. The Kier molecular flexibility index (Phi) is 3.95. The summed E-state index contributed by atoms with van der Waals surface area (Å²) in [5.41, 5.74) is 8.69. The highest BCUT2D eigenvalue weighted by Gasteiger charge is 2.10. The normalized spacial score (nSPS) is 10.4. The number of para-hydroxylation sites is 1. The van der Waals surface area contributed by atoms with Gasteiger partial charge in [0.25, 0.3) is 0 Å². The van der Waals surface area contributed by atoms with Crippen LogP contribution < -0.4 is 10.6 Å². The molecule has 2 rings (SSSR count). The molecule has 0 fully saturated rings. The number of halogens is 1. The van der Waals surface area contributed by atoms with E-state index in [1.54, 1.807) is 6.07 Å². The molecular formula is C15H17FN2. The lowest BCUT2D eigenvalue weighted by atomic mass is 10.1. The van der Waals surface area contributed by atoms with Gasteiger partial charge in [-0.1, -0.05) is 24.3 Å². The Morgan fingerprint density at radius 1 is 1.11 bits per heavy atom. The molecule has 0 saturated carbocycles. The molecule has 2 aromatic rings. The van der Waals surface area contributed by atoms with Crippen molar-refractivity contribution in [3.8, 4) is 0 Å². The highest BCUT2D eigenvalue weighted by atomic mass is 19.1. The van der Waals surface area contributed by atoms with Crippen molar-refractivity contribution in [3.63, 3.8) is 0 Å². The lowest BCUT2D eigenvalue weighted by Crippen LogP contribution is -2.18. The van der Waals surface area contributed by atoms with Crippen LogP contribution in [0.25, 0.3) is 0 Å². The van der Waals surface area contributed by atoms with E-state index < -0.39 is 0 Å². The topological polar surface area (TPSA) is 29.3 Å². The highest BCUT2D eigenvalue weighted by Crippen LogP contribution is 2.28. The van der Waals surface area contributed by atoms with Crippen molar-refractivity contribution in [2.24, 2.45) is 5.73 Å². The van der Waals surface area contributed by atoms with Crippen LogP contribution in [0.5, 0.6) is 0 Å². The van der Waals surface area contributed by atoms with E-state index in [0.717, 1.165) is 23.5 Å². The number of hydrogen-bond acceptors (Lipinski definition) is 2. The third-order valence-corrected chi connectivity index (χ3v) is 2.94. The zero-order valence-electron chi connectivity index (χ0n) is 10.4. The molecule has 0 aliphatic rings. The molecule has 2 nitrogen and oxygen atoms in total. The molecular weight excluding hydrogens is 227 g/mol. The van der Waals surface area contributed by atoms with Crippen LogP contribution in [0.4, 0.5) is 15.8 Å². The van der Waals surface area contributed by atoms with E-state index in [4.69, 9.17) is 5.73 Å². The maximum Gasteiger partial charge on any atom is 0.125 e. The SMILES string of the molecule is CCN(c1cccc(F)c1)c1ccccc1CN. The van der Waals surface area contributed by atoms with Crippen LogP contribution >= 0.6 is 0 Å². The van der Waals surface area contributed by atoms with Gasteiger partial charge in [-0.15, -0.1) is 0 Å². The monoisotopic (exact) mass is 244 g/mol. The summed E-state index contributed by atoms with van der Waals surface area (Å²) in [5.74, 6) is -0.226. The Labute approximate surface area is 107 Å². The van der Waals surface area contributed by atoms with Crippen LogP contribution in [0.1, 0.15) is 12.5 Å². The molecule has 0 unspecified atom stereocenters. The van der Waals surface area contributed by atoms with Crippen LogP contribution in [0.15, 0.2) is 48.5 Å². The number of hydrogen-bond donors (Lipinski definition) is 1. The van der Waals surface area contributed by atoms with Crippen molar-refractivity contribution in [3.05, 3.63) is 59.9 Å². The lowest BCUT2D eigenvalue weighted by Gasteiger charge is -2.25. The van der Waals surface area contributed by atoms with Gasteiger partial charge in [-0.05, 0) is 36.8 Å². The summed E-state index contributed by atoms with van der Waals surface area (Å²) in [5, 5.41) is 0. The van der Waals surface area contributed by atoms with E-state index in [1.807, 2.05) is 37.3 Å². The highest BCUT2D eigenvalue weighted by molar-refractivity contribution is 5.66. The summed E-state index contributed by atoms with van der Waals surface area (Å²) < 4.78 is 13.3. The van der Waals surface area contributed by atoms with Gasteiger partial charge in [0, 0.05) is 24.5 Å². The maximum atomic E-state index is 13.3. The van der Waals surface area contributed by atoms with E-state index in [9.17, 15) is 4.39 Å². The molecule has 0 atom stereocenters. The Balaban J connectivity index is 2.45. The minimum Gasteiger partial charge on any atom is -0.341 e. The summed E-state index contributed by atoms with van der Waals surface area (Å²) in [6.45, 7) is 3.28. The van der Waals surface area contributed by atoms with Crippen LogP contribution in [0, 0.1) is 5.82 Å². The molecule has 0 aliphatic carbocycles. The number of nitrogens with zero attached hydrogens (tertiary/aromatic N) is 1. The van der Waals surface area contributed by atoms with Crippen LogP contribution in [-0.4, -0.2) is 6.54 Å². The predicted octanol–water partition coefficient (Wildman–Crippen LogP) is 3.44. The van der Waals surface area contributed by atoms with Crippen molar-refractivity contribution in [1.82, 2.24) is 0 Å². The zero-order chi connectivity index (χ0) is 13.0. The first-order valence-electron chi connectivity index (χ1n) is 6.07. The largest absolute Gasteiger partial charge is 0.341 e. The quantitative estimate of drug-likeness (QED) is 0.892. The fourth-order valence-electron chi connectivity index (χ4n) is 2.08. The summed E-state index contributed by atoms with van der Waals surface area (Å²) in [7, 11) is 0. The first kappa shape index (κ1) is 12.6. The van der Waals surface area contributed by atoms with Gasteiger partial charge in [-0.25, -0.2) is 4.39 Å². The van der Waals surface area contributed by atoms with Gasteiger partial charge in [0.15, 0.2) is 0 Å². The third kappa shape index (κ3) is 2.51. The zero-order valence-corrected chi connectivity index (χ0v) is 10.4. The molecule has 2 aromatic carbocycles. The van der Waals surface area contributed by atoms with E-state index in [1.165, 1.54) is 12.1 Å². The van der Waals surface area contributed by atoms with Gasteiger partial charge in [-0.2, -0.15) is 0 Å². The summed E-state index contributed by atoms with van der Waals surface area (Å²) in [6, 6.07) is 14.6. The molecule has 94 valence electrons. The summed E-state index contributed by atoms with van der Waals surface area (Å²) in [4.78, 5) is 2.06. The Morgan fingerprint density at radius 3 is 2.56 bits per heavy atom. The fraction of sp³-hybridized carbons (Fsp3) is 0.200. The molecule has 0 aliphatic heterocycles. The molecule has 0 bridgehead atoms. The number of benzene rings is 2. The van der Waals surface area contributed by atoms with Crippen molar-refractivity contribution < 1.29 is 4.39 Å². The van der Waals surface area contributed by atoms with Crippen molar-refractivity contribution in [2.45, 2.75) is 13.5 Å². The molecule has 0 radical (unpaired) electrons. The molecule has 2 N–H and O–H groups in total. The molecule has 3 heteroatoms. The molecule has 18 heavy (non-hydrogen) atoms. The van der Waals surface area contributed by atoms with Gasteiger partial charge in [0.05, 0.1) is 0 Å². The van der Waals surface area contributed by atoms with Gasteiger partial charge in [0.1, 0.15) is 5.82 Å². The molecule has 0 aromatic heterocycles. The minimum absolute atomic E-state index is 0.226. The van der Waals surface area contributed by atoms with Crippen LogP contribution in [0.3, 0.4) is 0 Å². The fourth-order valence-corrected chi connectivity index (χ4v) is 2.08. The number of nitrogens with two attached hydrogens (primary N) is 1. The molecule has 0 saturated heterocycles. The first-order valence-corrected chi connectivity index (χ1v) is 6.07. The van der Waals surface area contributed by atoms with Crippen molar-refractivity contribution in [1.29, 1.82) is 0 Å². The Bertz CT molecular complexity index is 525. The van der Waals surface area contributed by atoms with E-state index >= 15 is 0 Å². The van der Waals surface area contributed by atoms with Crippen LogP contribution in [0.2, 0.25) is 0 Å². The second kappa shape index (κ2) is 5.65. The maximum absolute atomic E-state index is 13.3. The Morgan fingerprint density at radius 2 is 1.89 bits per heavy atom. The average molecular weight is 244 g/mol. The molecule has 0 amide bonds. The average Bonchev–Trinajstić information content (AvgIpc) is 2.40. The third-order valence-electron chi connectivity index (χ3n) is 2.94. The summed E-state index contributed by atoms with van der Waals surface area (Å²) >= 11 is 0. The van der Waals surface area contributed by atoms with Crippen molar-refractivity contribution >= 4 is 11.4 Å². The second-order valence-electron chi connectivity index (χ2n) is 4.06. The smallest absolute Gasteiger partial charge is 0.125 e. The lowest BCUT2D eigenvalue weighted by molar-refractivity contribution is 0.627. The van der Waals surface area contributed by atoms with Gasteiger partial charge < -0.3 is 10.6 Å². The van der Waals surface area contributed by atoms with Gasteiger partial charge >= 0.3 is 0 Å². The second-order valence-corrected chi connectivity index (χ2v) is 4.06. The van der Waals surface area contributed by atoms with Crippen LogP contribution in [-0.2, 0) is 6.54 Å². The van der Waals surface area contributed by atoms with E-state index in [-0.39, 0.29) is 5.82 Å². The van der Waals surface area contributed by atoms with E-state index in [2.05, 4.69) is 4.90 Å².